The van der Waals surface area contributed by atoms with E-state index in [1.165, 1.54) is 0 Å². The molecule has 3 nitrogen and oxygen atoms in total. The van der Waals surface area contributed by atoms with Crippen molar-refractivity contribution in [2.45, 2.75) is 6.92 Å². The van der Waals surface area contributed by atoms with Gasteiger partial charge in [0.1, 0.15) is 5.75 Å². The van der Waals surface area contributed by atoms with E-state index in [2.05, 4.69) is 17.6 Å². The Hall–Kier alpha value is -1.29. The molecule has 0 bridgehead atoms. The molecule has 1 aliphatic rings. The largest absolute Gasteiger partial charge is 0.497 e. The van der Waals surface area contributed by atoms with E-state index in [-0.39, 0.29) is 0 Å². The second-order valence-corrected chi connectivity index (χ2v) is 4.12. The number of fused-ring (bicyclic) bond motifs is 1. The van der Waals surface area contributed by atoms with Gasteiger partial charge in [0.05, 0.1) is 23.5 Å². The molecule has 0 aliphatic carbocycles. The van der Waals surface area contributed by atoms with Crippen molar-refractivity contribution < 1.29 is 4.74 Å². The summed E-state index contributed by atoms with van der Waals surface area (Å²) in [6.07, 6.45) is 0. The van der Waals surface area contributed by atoms with E-state index in [0.29, 0.717) is 5.92 Å². The summed E-state index contributed by atoms with van der Waals surface area (Å²) in [5.74, 6) is 1.20. The lowest BCUT2D eigenvalue weighted by Gasteiger charge is -2.09. The molecule has 1 aliphatic heterocycles. The van der Waals surface area contributed by atoms with E-state index >= 15 is 0 Å². The quantitative estimate of drug-likeness (QED) is 0.715. The van der Waals surface area contributed by atoms with Crippen LogP contribution in [0.5, 0.6) is 5.75 Å². The van der Waals surface area contributed by atoms with Crippen LogP contribution < -0.4 is 15.4 Å². The highest BCUT2D eigenvalue weighted by atomic mass is 32.1. The standard InChI is InChI=1S/C11H14N2OS/c1-7-6-12-10-5-8(14-2)3-4-9(10)13-11(7)15/h3-5,7,12H,6H2,1-2H3,(H,13,15)/t7-/m1/s1. The van der Waals surface area contributed by atoms with E-state index < -0.39 is 0 Å². The molecule has 1 heterocycles. The lowest BCUT2D eigenvalue weighted by molar-refractivity contribution is 0.415. The maximum atomic E-state index is 5.27. The molecule has 1 aromatic rings. The Morgan fingerprint density at radius 3 is 2.93 bits per heavy atom. The van der Waals surface area contributed by atoms with Gasteiger partial charge in [-0.2, -0.15) is 0 Å². The van der Waals surface area contributed by atoms with E-state index in [4.69, 9.17) is 17.0 Å². The maximum absolute atomic E-state index is 5.27. The van der Waals surface area contributed by atoms with Crippen LogP contribution in [0.15, 0.2) is 18.2 Å². The number of benzene rings is 1. The summed E-state index contributed by atoms with van der Waals surface area (Å²) >= 11 is 5.27. The highest BCUT2D eigenvalue weighted by Gasteiger charge is 2.16. The topological polar surface area (TPSA) is 33.3 Å². The summed E-state index contributed by atoms with van der Waals surface area (Å²) in [4.78, 5) is 0.881. The monoisotopic (exact) mass is 222 g/mol. The highest BCUT2D eigenvalue weighted by Crippen LogP contribution is 2.29. The van der Waals surface area contributed by atoms with Gasteiger partial charge in [-0.25, -0.2) is 0 Å². The number of anilines is 2. The predicted molar refractivity (Wildman–Crippen MR) is 66.9 cm³/mol. The molecule has 0 saturated carbocycles. The molecule has 0 amide bonds. The fraction of sp³-hybridized carbons (Fsp3) is 0.364. The van der Waals surface area contributed by atoms with Crippen molar-refractivity contribution in [3.05, 3.63) is 18.2 Å². The molecule has 0 unspecified atom stereocenters. The normalized spacial score (nSPS) is 19.6. The van der Waals surface area contributed by atoms with Crippen LogP contribution in [-0.2, 0) is 0 Å². The third kappa shape index (κ3) is 2.04. The number of thiocarbonyl (C=S) groups is 1. The zero-order valence-electron chi connectivity index (χ0n) is 8.83. The number of methoxy groups -OCH3 is 1. The van der Waals surface area contributed by atoms with E-state index in [9.17, 15) is 0 Å². The summed E-state index contributed by atoms with van der Waals surface area (Å²) in [6.45, 7) is 2.96. The summed E-state index contributed by atoms with van der Waals surface area (Å²) < 4.78 is 5.17. The average Bonchev–Trinajstić information content (AvgIpc) is 2.39. The number of rotatable bonds is 1. The van der Waals surface area contributed by atoms with Gasteiger partial charge < -0.3 is 15.4 Å². The molecule has 1 aromatic carbocycles. The first-order chi connectivity index (χ1) is 7.20. The smallest absolute Gasteiger partial charge is 0.121 e. The van der Waals surface area contributed by atoms with Gasteiger partial charge >= 0.3 is 0 Å². The molecule has 0 radical (unpaired) electrons. The van der Waals surface area contributed by atoms with Crippen molar-refractivity contribution in [2.24, 2.45) is 5.92 Å². The van der Waals surface area contributed by atoms with Crippen LogP contribution in [0.25, 0.3) is 0 Å². The number of nitrogens with one attached hydrogen (secondary N) is 2. The molecular formula is C11H14N2OS. The number of ether oxygens (including phenoxy) is 1. The lowest BCUT2D eigenvalue weighted by Crippen LogP contribution is -2.20. The Kier molecular flexibility index (Phi) is 2.77. The Morgan fingerprint density at radius 1 is 1.40 bits per heavy atom. The van der Waals surface area contributed by atoms with Gasteiger partial charge in [-0.05, 0) is 12.1 Å². The molecule has 0 saturated heterocycles. The van der Waals surface area contributed by atoms with Gasteiger partial charge in [0.2, 0.25) is 0 Å². The summed E-state index contributed by atoms with van der Waals surface area (Å²) in [5.41, 5.74) is 2.06. The fourth-order valence-corrected chi connectivity index (χ4v) is 1.71. The number of hydrogen-bond donors (Lipinski definition) is 2. The van der Waals surface area contributed by atoms with Gasteiger partial charge in [-0.3, -0.25) is 0 Å². The van der Waals surface area contributed by atoms with Crippen LogP contribution in [0.4, 0.5) is 11.4 Å². The molecule has 0 aromatic heterocycles. The second kappa shape index (κ2) is 4.06. The molecule has 15 heavy (non-hydrogen) atoms. The van der Waals surface area contributed by atoms with E-state index in [0.717, 1.165) is 28.7 Å². The second-order valence-electron chi connectivity index (χ2n) is 3.68. The van der Waals surface area contributed by atoms with Gasteiger partial charge in [0.25, 0.3) is 0 Å². The van der Waals surface area contributed by atoms with Crippen molar-refractivity contribution in [3.63, 3.8) is 0 Å². The Morgan fingerprint density at radius 2 is 2.20 bits per heavy atom. The van der Waals surface area contributed by atoms with Crippen molar-refractivity contribution >= 4 is 28.6 Å². The average molecular weight is 222 g/mol. The van der Waals surface area contributed by atoms with E-state index in [1.807, 2.05) is 18.2 Å². The molecular weight excluding hydrogens is 208 g/mol. The lowest BCUT2D eigenvalue weighted by atomic mass is 10.2. The van der Waals surface area contributed by atoms with Crippen molar-refractivity contribution in [1.82, 2.24) is 0 Å². The third-order valence-electron chi connectivity index (χ3n) is 2.53. The summed E-state index contributed by atoms with van der Waals surface area (Å²) in [6, 6.07) is 5.88. The molecule has 80 valence electrons. The molecule has 1 atom stereocenters. The van der Waals surface area contributed by atoms with Crippen LogP contribution in [-0.4, -0.2) is 18.6 Å². The van der Waals surface area contributed by atoms with Crippen LogP contribution in [0.3, 0.4) is 0 Å². The molecule has 0 fully saturated rings. The van der Waals surface area contributed by atoms with Crippen LogP contribution in [0.2, 0.25) is 0 Å². The van der Waals surface area contributed by atoms with Crippen molar-refractivity contribution in [2.75, 3.05) is 24.3 Å². The molecule has 0 spiro atoms. The first-order valence-electron chi connectivity index (χ1n) is 4.93. The minimum atomic E-state index is 0.346. The molecule has 2 N–H and O–H groups in total. The summed E-state index contributed by atoms with van der Waals surface area (Å²) in [5, 5.41) is 6.59. The van der Waals surface area contributed by atoms with Gasteiger partial charge in [0.15, 0.2) is 0 Å². The molecule has 4 heteroatoms. The van der Waals surface area contributed by atoms with E-state index in [1.54, 1.807) is 7.11 Å². The Balaban J connectivity index is 2.34. The zero-order valence-corrected chi connectivity index (χ0v) is 9.65. The first-order valence-corrected chi connectivity index (χ1v) is 5.34. The fourth-order valence-electron chi connectivity index (χ4n) is 1.52. The van der Waals surface area contributed by atoms with Crippen LogP contribution in [0, 0.1) is 5.92 Å². The van der Waals surface area contributed by atoms with Crippen LogP contribution >= 0.6 is 12.2 Å². The number of hydrogen-bond acceptors (Lipinski definition) is 3. The summed E-state index contributed by atoms with van der Waals surface area (Å²) in [7, 11) is 1.67. The van der Waals surface area contributed by atoms with Gasteiger partial charge in [0, 0.05) is 18.5 Å². The predicted octanol–water partition coefficient (Wildman–Crippen LogP) is 2.50. The Bertz CT molecular complexity index is 392. The van der Waals surface area contributed by atoms with Gasteiger partial charge in [-0.15, -0.1) is 0 Å². The third-order valence-corrected chi connectivity index (χ3v) is 3.04. The van der Waals surface area contributed by atoms with Crippen molar-refractivity contribution in [3.8, 4) is 5.75 Å². The van der Waals surface area contributed by atoms with Crippen molar-refractivity contribution in [1.29, 1.82) is 0 Å². The SMILES string of the molecule is COc1ccc2c(c1)NC[C@@H](C)C(=S)N2. The minimum Gasteiger partial charge on any atom is -0.497 e. The first kappa shape index (κ1) is 10.2. The highest BCUT2D eigenvalue weighted by molar-refractivity contribution is 7.80. The van der Waals surface area contributed by atoms with Gasteiger partial charge in [-0.1, -0.05) is 19.1 Å². The van der Waals surface area contributed by atoms with Crippen LogP contribution in [0.1, 0.15) is 6.92 Å². The molecule has 2 rings (SSSR count). The minimum absolute atomic E-state index is 0.346. The Labute approximate surface area is 94.8 Å². The zero-order chi connectivity index (χ0) is 10.8. The maximum Gasteiger partial charge on any atom is 0.121 e.